The van der Waals surface area contributed by atoms with E-state index in [1.165, 1.54) is 0 Å². The van der Waals surface area contributed by atoms with Gasteiger partial charge in [0.1, 0.15) is 0 Å². The maximum Gasteiger partial charge on any atom is 0.193 e. The van der Waals surface area contributed by atoms with Crippen molar-refractivity contribution < 1.29 is 9.63 Å². The van der Waals surface area contributed by atoms with Crippen molar-refractivity contribution in [2.75, 3.05) is 6.61 Å². The van der Waals surface area contributed by atoms with Crippen LogP contribution in [0.5, 0.6) is 0 Å². The van der Waals surface area contributed by atoms with E-state index < -0.39 is 0 Å². The number of hydrogen-bond acceptors (Lipinski definition) is 3. The number of fused-ring (bicyclic) bond motifs is 5. The lowest BCUT2D eigenvalue weighted by molar-refractivity contribution is 0.0868. The molecule has 2 aliphatic rings. The second-order valence-corrected chi connectivity index (χ2v) is 5.02. The second-order valence-electron chi connectivity index (χ2n) is 5.02. The number of benzene rings is 2. The van der Waals surface area contributed by atoms with E-state index in [0.717, 1.165) is 22.3 Å². The van der Waals surface area contributed by atoms with Crippen LogP contribution in [0, 0.1) is 0 Å². The van der Waals surface area contributed by atoms with E-state index in [0.29, 0.717) is 6.61 Å². The van der Waals surface area contributed by atoms with Crippen molar-refractivity contribution in [1.82, 2.24) is 5.48 Å². The number of carbonyl (C=O) groups excluding carboxylic acids is 1. The Morgan fingerprint density at radius 3 is 2.37 bits per heavy atom. The van der Waals surface area contributed by atoms with Crippen molar-refractivity contribution in [3.63, 3.8) is 0 Å². The summed E-state index contributed by atoms with van der Waals surface area (Å²) >= 11 is 0. The van der Waals surface area contributed by atoms with Gasteiger partial charge in [-0.3, -0.25) is 4.79 Å². The maximum atomic E-state index is 12.7. The van der Waals surface area contributed by atoms with Gasteiger partial charge in [0.05, 0.1) is 12.6 Å². The molecule has 1 saturated heterocycles. The van der Waals surface area contributed by atoms with Gasteiger partial charge in [0.25, 0.3) is 0 Å². The molecule has 1 fully saturated rings. The molecular weight excluding hydrogens is 238 g/mol. The van der Waals surface area contributed by atoms with Gasteiger partial charge >= 0.3 is 0 Å². The molecule has 0 spiro atoms. The number of hydrogen-bond donors (Lipinski definition) is 1. The molecule has 2 unspecified atom stereocenters. The Balaban J connectivity index is 2.03. The Labute approximate surface area is 111 Å². The molecule has 3 nitrogen and oxygen atoms in total. The Bertz CT molecular complexity index is 610. The predicted molar refractivity (Wildman–Crippen MR) is 70.9 cm³/mol. The first-order valence-electron chi connectivity index (χ1n) is 6.46. The fraction of sp³-hybridized carbons (Fsp3) is 0.188. The van der Waals surface area contributed by atoms with Gasteiger partial charge in [-0.15, -0.1) is 0 Å². The predicted octanol–water partition coefficient (Wildman–Crippen LogP) is 2.59. The number of ketones is 1. The van der Waals surface area contributed by atoms with Crippen LogP contribution in [0.15, 0.2) is 48.5 Å². The largest absolute Gasteiger partial charge is 0.300 e. The first-order chi connectivity index (χ1) is 9.36. The Hall–Kier alpha value is -1.97. The first kappa shape index (κ1) is 10.9. The number of rotatable bonds is 0. The van der Waals surface area contributed by atoms with Crippen LogP contribution in [0.3, 0.4) is 0 Å². The van der Waals surface area contributed by atoms with E-state index >= 15 is 0 Å². The normalized spacial score (nSPS) is 24.3. The van der Waals surface area contributed by atoms with Crippen molar-refractivity contribution in [2.45, 2.75) is 12.0 Å². The lowest BCUT2D eigenvalue weighted by atomic mass is 9.89. The van der Waals surface area contributed by atoms with Crippen LogP contribution in [0.1, 0.15) is 39.0 Å². The van der Waals surface area contributed by atoms with Gasteiger partial charge in [-0.05, 0) is 11.1 Å². The van der Waals surface area contributed by atoms with Gasteiger partial charge < -0.3 is 4.84 Å². The van der Waals surface area contributed by atoms with Crippen molar-refractivity contribution in [3.8, 4) is 0 Å². The Morgan fingerprint density at radius 2 is 1.58 bits per heavy atom. The van der Waals surface area contributed by atoms with Gasteiger partial charge in [-0.1, -0.05) is 48.5 Å². The minimum atomic E-state index is 0.0591. The molecule has 0 aromatic heterocycles. The topological polar surface area (TPSA) is 38.3 Å². The molecule has 19 heavy (non-hydrogen) atoms. The van der Waals surface area contributed by atoms with E-state index in [4.69, 9.17) is 4.84 Å². The monoisotopic (exact) mass is 251 g/mol. The summed E-state index contributed by atoms with van der Waals surface area (Å²) < 4.78 is 0. The highest BCUT2D eigenvalue weighted by molar-refractivity contribution is 6.11. The highest BCUT2D eigenvalue weighted by atomic mass is 16.7. The molecule has 0 bridgehead atoms. The molecule has 1 aliphatic heterocycles. The number of carbonyl (C=O) groups is 1. The minimum Gasteiger partial charge on any atom is -0.300 e. The zero-order chi connectivity index (χ0) is 12.8. The van der Waals surface area contributed by atoms with Gasteiger partial charge in [0.2, 0.25) is 0 Å². The van der Waals surface area contributed by atoms with Crippen LogP contribution in [0.2, 0.25) is 0 Å². The smallest absolute Gasteiger partial charge is 0.193 e. The van der Waals surface area contributed by atoms with Gasteiger partial charge in [0.15, 0.2) is 5.78 Å². The number of hydroxylamine groups is 1. The quantitative estimate of drug-likeness (QED) is 0.782. The minimum absolute atomic E-state index is 0.0591. The van der Waals surface area contributed by atoms with E-state index in [9.17, 15) is 4.79 Å². The van der Waals surface area contributed by atoms with Crippen molar-refractivity contribution in [1.29, 1.82) is 0 Å². The van der Waals surface area contributed by atoms with E-state index in [2.05, 4.69) is 5.48 Å². The molecule has 0 radical (unpaired) electrons. The lowest BCUT2D eigenvalue weighted by Crippen LogP contribution is -2.16. The van der Waals surface area contributed by atoms with Crippen LogP contribution in [0.4, 0.5) is 0 Å². The van der Waals surface area contributed by atoms with Gasteiger partial charge in [0, 0.05) is 17.0 Å². The molecule has 4 rings (SSSR count). The highest BCUT2D eigenvalue weighted by Crippen LogP contribution is 2.41. The molecule has 1 N–H and O–H groups in total. The summed E-state index contributed by atoms with van der Waals surface area (Å²) in [4.78, 5) is 18.1. The molecule has 0 saturated carbocycles. The SMILES string of the molecule is O=C1c2ccccc2C2CONC2c2ccccc21. The fourth-order valence-corrected chi connectivity index (χ4v) is 3.10. The highest BCUT2D eigenvalue weighted by Gasteiger charge is 2.38. The lowest BCUT2D eigenvalue weighted by Gasteiger charge is -2.17. The third-order valence-electron chi connectivity index (χ3n) is 4.02. The summed E-state index contributed by atoms with van der Waals surface area (Å²) in [6.45, 7) is 0.600. The van der Waals surface area contributed by atoms with E-state index in [1.54, 1.807) is 0 Å². The van der Waals surface area contributed by atoms with Crippen LogP contribution in [0.25, 0.3) is 0 Å². The van der Waals surface area contributed by atoms with Crippen molar-refractivity contribution in [2.24, 2.45) is 0 Å². The summed E-state index contributed by atoms with van der Waals surface area (Å²) in [6, 6.07) is 15.7. The van der Waals surface area contributed by atoms with Crippen molar-refractivity contribution in [3.05, 3.63) is 70.8 Å². The third kappa shape index (κ3) is 1.49. The molecule has 94 valence electrons. The molecule has 2 aromatic carbocycles. The Kier molecular flexibility index (Phi) is 2.31. The summed E-state index contributed by atoms with van der Waals surface area (Å²) in [5.74, 6) is 0.311. The average molecular weight is 251 g/mol. The maximum absolute atomic E-state index is 12.7. The van der Waals surface area contributed by atoms with Crippen molar-refractivity contribution >= 4 is 5.78 Å². The van der Waals surface area contributed by atoms with Gasteiger partial charge in [-0.25, -0.2) is 0 Å². The zero-order valence-corrected chi connectivity index (χ0v) is 10.3. The zero-order valence-electron chi connectivity index (χ0n) is 10.3. The van der Waals surface area contributed by atoms with Gasteiger partial charge in [-0.2, -0.15) is 5.48 Å². The average Bonchev–Trinajstić information content (AvgIpc) is 2.92. The Morgan fingerprint density at radius 1 is 0.947 bits per heavy atom. The number of nitrogens with one attached hydrogen (secondary N) is 1. The molecule has 1 aliphatic carbocycles. The second kappa shape index (κ2) is 4.02. The molecule has 0 amide bonds. The van der Waals surface area contributed by atoms with Crippen LogP contribution >= 0.6 is 0 Å². The molecule has 2 atom stereocenters. The standard InChI is InChI=1S/C16H13NO2/c18-16-12-7-3-1-5-10(12)14-9-19-17-15(14)11-6-2-4-8-13(11)16/h1-8,14-15,17H,9H2. The summed E-state index contributed by atoms with van der Waals surface area (Å²) in [5.41, 5.74) is 6.76. The van der Waals surface area contributed by atoms with E-state index in [1.807, 2.05) is 48.5 Å². The molecule has 1 heterocycles. The molecular formula is C16H13NO2. The molecule has 3 heteroatoms. The first-order valence-corrected chi connectivity index (χ1v) is 6.46. The third-order valence-corrected chi connectivity index (χ3v) is 4.02. The van der Waals surface area contributed by atoms with Crippen LogP contribution < -0.4 is 5.48 Å². The van der Waals surface area contributed by atoms with Crippen LogP contribution in [-0.2, 0) is 4.84 Å². The fourth-order valence-electron chi connectivity index (χ4n) is 3.10. The summed E-state index contributed by atoms with van der Waals surface area (Å²) in [7, 11) is 0. The summed E-state index contributed by atoms with van der Waals surface area (Å²) in [6.07, 6.45) is 0. The van der Waals surface area contributed by atoms with E-state index in [-0.39, 0.29) is 17.7 Å². The summed E-state index contributed by atoms with van der Waals surface area (Å²) in [5, 5.41) is 0. The molecule has 2 aromatic rings. The van der Waals surface area contributed by atoms with Crippen LogP contribution in [-0.4, -0.2) is 12.4 Å².